The Morgan fingerprint density at radius 2 is 1.94 bits per heavy atom. The van der Waals surface area contributed by atoms with E-state index in [0.717, 1.165) is 16.3 Å². The van der Waals surface area contributed by atoms with Gasteiger partial charge in [0.25, 0.3) is 5.91 Å². The molecule has 2 aromatic heterocycles. The number of amides is 1. The van der Waals surface area contributed by atoms with E-state index in [4.69, 9.17) is 4.42 Å². The lowest BCUT2D eigenvalue weighted by Gasteiger charge is -2.36. The number of furan rings is 1. The number of anilines is 1. The van der Waals surface area contributed by atoms with Crippen LogP contribution in [0.5, 0.6) is 0 Å². The van der Waals surface area contributed by atoms with Gasteiger partial charge in [-0.1, -0.05) is 18.2 Å². The Labute approximate surface area is 184 Å². The molecule has 1 saturated heterocycles. The second-order valence-corrected chi connectivity index (χ2v) is 8.66. The Kier molecular flexibility index (Phi) is 5.57. The minimum absolute atomic E-state index is 0.0488. The second kappa shape index (κ2) is 8.64. The number of hydrogen-bond donors (Lipinski definition) is 0. The average Bonchev–Trinajstić information content (AvgIpc) is 3.55. The molecule has 1 aromatic carbocycles. The van der Waals surface area contributed by atoms with E-state index in [1.807, 2.05) is 40.6 Å². The summed E-state index contributed by atoms with van der Waals surface area (Å²) in [6.45, 7) is 3.03. The third-order valence-electron chi connectivity index (χ3n) is 5.77. The molecule has 1 fully saturated rings. The summed E-state index contributed by atoms with van der Waals surface area (Å²) in [5.41, 5.74) is 1.53. The molecule has 1 unspecified atom stereocenters. The van der Waals surface area contributed by atoms with Crippen LogP contribution in [0.15, 0.2) is 69.7 Å². The number of piperazine rings is 1. The van der Waals surface area contributed by atoms with Crippen LogP contribution in [0.1, 0.15) is 23.1 Å². The predicted molar refractivity (Wildman–Crippen MR) is 119 cm³/mol. The Morgan fingerprint density at radius 3 is 2.65 bits per heavy atom. The third-order valence-corrected chi connectivity index (χ3v) is 6.69. The van der Waals surface area contributed by atoms with Gasteiger partial charge in [-0.25, -0.2) is 9.40 Å². The SMILES string of the molecule is O=C(CN1CCN(c2ccccc2F)CC1)N1N=C(c2cccs2)CC1c1ccco1. The standard InChI is InChI=1S/C23H23FN4O2S/c24-17-5-1-2-6-19(17)27-11-9-26(10-12-27)16-23(29)28-20(21-7-3-13-30-21)15-18(25-28)22-8-4-14-31-22/h1-8,13-14,20H,9-12,15-16H2. The molecule has 0 spiro atoms. The first-order valence-corrected chi connectivity index (χ1v) is 11.3. The minimum atomic E-state index is -0.223. The number of hydrogen-bond acceptors (Lipinski definition) is 6. The van der Waals surface area contributed by atoms with Gasteiger partial charge in [-0.3, -0.25) is 9.69 Å². The van der Waals surface area contributed by atoms with Crippen molar-refractivity contribution in [2.45, 2.75) is 12.5 Å². The summed E-state index contributed by atoms with van der Waals surface area (Å²) >= 11 is 1.62. The Bertz CT molecular complexity index is 1060. The van der Waals surface area contributed by atoms with Crippen LogP contribution in [0.4, 0.5) is 10.1 Å². The highest BCUT2D eigenvalue weighted by molar-refractivity contribution is 7.12. The molecule has 2 aliphatic rings. The van der Waals surface area contributed by atoms with Gasteiger partial charge in [-0.05, 0) is 35.7 Å². The topological polar surface area (TPSA) is 52.3 Å². The number of hydrazone groups is 1. The number of thiophene rings is 1. The van der Waals surface area contributed by atoms with Gasteiger partial charge in [0.2, 0.25) is 0 Å². The van der Waals surface area contributed by atoms with Gasteiger partial charge < -0.3 is 9.32 Å². The fourth-order valence-corrected chi connectivity index (χ4v) is 4.87. The fourth-order valence-electron chi connectivity index (χ4n) is 4.15. The Morgan fingerprint density at radius 1 is 1.10 bits per heavy atom. The number of carbonyl (C=O) groups is 1. The van der Waals surface area contributed by atoms with Gasteiger partial charge >= 0.3 is 0 Å². The first-order chi connectivity index (χ1) is 15.2. The summed E-state index contributed by atoms with van der Waals surface area (Å²) in [4.78, 5) is 18.4. The number of rotatable bonds is 5. The molecule has 1 atom stereocenters. The van der Waals surface area contributed by atoms with Crippen LogP contribution >= 0.6 is 11.3 Å². The molecule has 6 nitrogen and oxygen atoms in total. The van der Waals surface area contributed by atoms with Crippen LogP contribution in [0, 0.1) is 5.82 Å². The van der Waals surface area contributed by atoms with Gasteiger partial charge in [0.15, 0.2) is 0 Å². The number of halogens is 1. The van der Waals surface area contributed by atoms with Crippen molar-refractivity contribution < 1.29 is 13.6 Å². The summed E-state index contributed by atoms with van der Waals surface area (Å²) in [7, 11) is 0. The Balaban J connectivity index is 1.26. The lowest BCUT2D eigenvalue weighted by Crippen LogP contribution is -2.49. The number of carbonyl (C=O) groups excluding carboxylic acids is 1. The lowest BCUT2D eigenvalue weighted by molar-refractivity contribution is -0.134. The molecule has 31 heavy (non-hydrogen) atoms. The molecule has 0 N–H and O–H groups in total. The smallest absolute Gasteiger partial charge is 0.257 e. The monoisotopic (exact) mass is 438 g/mol. The molecule has 2 aliphatic heterocycles. The number of benzene rings is 1. The first kappa shape index (κ1) is 20.0. The van der Waals surface area contributed by atoms with Crippen molar-refractivity contribution >= 4 is 28.6 Å². The van der Waals surface area contributed by atoms with Crippen LogP contribution < -0.4 is 4.90 Å². The molecule has 1 amide bonds. The lowest BCUT2D eigenvalue weighted by atomic mass is 10.1. The first-order valence-electron chi connectivity index (χ1n) is 10.4. The summed E-state index contributed by atoms with van der Waals surface area (Å²) in [6, 6.07) is 14.4. The van der Waals surface area contributed by atoms with Crippen molar-refractivity contribution in [2.24, 2.45) is 5.10 Å². The second-order valence-electron chi connectivity index (χ2n) is 7.71. The van der Waals surface area contributed by atoms with Crippen LogP contribution in [0.3, 0.4) is 0 Å². The number of nitrogens with zero attached hydrogens (tertiary/aromatic N) is 4. The van der Waals surface area contributed by atoms with Crippen molar-refractivity contribution in [2.75, 3.05) is 37.6 Å². The number of para-hydroxylation sites is 1. The zero-order valence-corrected chi connectivity index (χ0v) is 17.8. The van der Waals surface area contributed by atoms with E-state index in [9.17, 15) is 9.18 Å². The largest absolute Gasteiger partial charge is 0.467 e. The quantitative estimate of drug-likeness (QED) is 0.605. The van der Waals surface area contributed by atoms with E-state index in [0.29, 0.717) is 38.3 Å². The highest BCUT2D eigenvalue weighted by Crippen LogP contribution is 2.34. The Hall–Kier alpha value is -2.97. The van der Waals surface area contributed by atoms with E-state index < -0.39 is 0 Å². The van der Waals surface area contributed by atoms with Crippen LogP contribution in [0.2, 0.25) is 0 Å². The summed E-state index contributed by atoms with van der Waals surface area (Å²) in [5.74, 6) is 0.487. The van der Waals surface area contributed by atoms with Crippen LogP contribution in [-0.4, -0.2) is 54.3 Å². The molecular weight excluding hydrogens is 415 g/mol. The highest BCUT2D eigenvalue weighted by Gasteiger charge is 2.36. The van der Waals surface area contributed by atoms with E-state index >= 15 is 0 Å². The van der Waals surface area contributed by atoms with Gasteiger partial charge in [0, 0.05) is 32.6 Å². The molecule has 5 rings (SSSR count). The normalized spacial score (nSPS) is 19.6. The predicted octanol–water partition coefficient (Wildman–Crippen LogP) is 3.98. The van der Waals surface area contributed by atoms with E-state index in [1.165, 1.54) is 6.07 Å². The summed E-state index contributed by atoms with van der Waals surface area (Å²) in [5, 5.41) is 8.27. The molecule has 0 bridgehead atoms. The van der Waals surface area contributed by atoms with Crippen LogP contribution in [0.25, 0.3) is 0 Å². The van der Waals surface area contributed by atoms with Crippen molar-refractivity contribution in [1.29, 1.82) is 0 Å². The van der Waals surface area contributed by atoms with Crippen LogP contribution in [-0.2, 0) is 4.79 Å². The van der Waals surface area contributed by atoms with Gasteiger partial charge in [0.05, 0.1) is 29.1 Å². The molecule has 3 aromatic rings. The van der Waals surface area contributed by atoms with Gasteiger partial charge in [-0.2, -0.15) is 5.10 Å². The van der Waals surface area contributed by atoms with Crippen molar-refractivity contribution in [3.05, 3.63) is 76.6 Å². The van der Waals surface area contributed by atoms with E-state index in [-0.39, 0.29) is 24.3 Å². The molecule has 160 valence electrons. The maximum Gasteiger partial charge on any atom is 0.257 e. The molecular formula is C23H23FN4O2S. The maximum atomic E-state index is 14.1. The zero-order chi connectivity index (χ0) is 21.2. The molecule has 0 aliphatic carbocycles. The molecule has 0 saturated carbocycles. The zero-order valence-electron chi connectivity index (χ0n) is 17.0. The minimum Gasteiger partial charge on any atom is -0.467 e. The van der Waals surface area contributed by atoms with E-state index in [1.54, 1.807) is 34.7 Å². The average molecular weight is 439 g/mol. The van der Waals surface area contributed by atoms with Crippen molar-refractivity contribution in [1.82, 2.24) is 9.91 Å². The maximum absolute atomic E-state index is 14.1. The molecule has 8 heteroatoms. The van der Waals surface area contributed by atoms with Gasteiger partial charge in [-0.15, -0.1) is 11.3 Å². The highest BCUT2D eigenvalue weighted by atomic mass is 32.1. The van der Waals surface area contributed by atoms with Gasteiger partial charge in [0.1, 0.15) is 17.6 Å². The molecule has 4 heterocycles. The van der Waals surface area contributed by atoms with Crippen molar-refractivity contribution in [3.8, 4) is 0 Å². The fraction of sp³-hybridized carbons (Fsp3) is 0.304. The van der Waals surface area contributed by atoms with E-state index in [2.05, 4.69) is 10.0 Å². The molecule has 0 radical (unpaired) electrons. The summed E-state index contributed by atoms with van der Waals surface area (Å²) in [6.07, 6.45) is 2.27. The van der Waals surface area contributed by atoms with Crippen molar-refractivity contribution in [3.63, 3.8) is 0 Å². The summed E-state index contributed by atoms with van der Waals surface area (Å²) < 4.78 is 19.7. The third kappa shape index (κ3) is 4.13.